The summed E-state index contributed by atoms with van der Waals surface area (Å²) in [5.74, 6) is 0. The standard InChI is InChI=1S/C14H23BrN2S/c1-11(2)16-9-12-5-3-4-7-17(12)10-14-13(15)6-8-18-14/h6,8,11-12,16H,3-5,7,9-10H2,1-2H3. The van der Waals surface area contributed by atoms with Gasteiger partial charge in [-0.1, -0.05) is 20.3 Å². The maximum atomic E-state index is 3.64. The van der Waals surface area contributed by atoms with E-state index in [9.17, 15) is 0 Å². The molecule has 0 radical (unpaired) electrons. The highest BCUT2D eigenvalue weighted by Crippen LogP contribution is 2.27. The van der Waals surface area contributed by atoms with Gasteiger partial charge in [0.1, 0.15) is 0 Å². The highest BCUT2D eigenvalue weighted by atomic mass is 79.9. The van der Waals surface area contributed by atoms with Crippen LogP contribution < -0.4 is 5.32 Å². The number of halogens is 1. The van der Waals surface area contributed by atoms with Gasteiger partial charge in [0, 0.05) is 34.5 Å². The van der Waals surface area contributed by atoms with Crippen LogP contribution in [0.1, 0.15) is 38.0 Å². The van der Waals surface area contributed by atoms with Gasteiger partial charge in [-0.25, -0.2) is 0 Å². The minimum atomic E-state index is 0.585. The first-order valence-electron chi connectivity index (χ1n) is 6.86. The zero-order valence-electron chi connectivity index (χ0n) is 11.3. The molecule has 0 spiro atoms. The van der Waals surface area contributed by atoms with E-state index in [1.807, 2.05) is 11.3 Å². The average molecular weight is 331 g/mol. The number of hydrogen-bond donors (Lipinski definition) is 1. The fourth-order valence-corrected chi connectivity index (χ4v) is 4.00. The van der Waals surface area contributed by atoms with E-state index in [1.165, 1.54) is 35.2 Å². The van der Waals surface area contributed by atoms with Gasteiger partial charge in [0.2, 0.25) is 0 Å². The van der Waals surface area contributed by atoms with Gasteiger partial charge in [-0.05, 0) is 46.8 Å². The van der Waals surface area contributed by atoms with E-state index >= 15 is 0 Å². The second-order valence-corrected chi connectivity index (χ2v) is 7.23. The van der Waals surface area contributed by atoms with Crippen molar-refractivity contribution in [2.24, 2.45) is 0 Å². The Morgan fingerprint density at radius 2 is 2.33 bits per heavy atom. The zero-order valence-corrected chi connectivity index (χ0v) is 13.7. The third kappa shape index (κ3) is 4.05. The molecule has 1 aromatic rings. The number of likely N-dealkylation sites (tertiary alicyclic amines) is 1. The van der Waals surface area contributed by atoms with Crippen molar-refractivity contribution in [3.63, 3.8) is 0 Å². The predicted molar refractivity (Wildman–Crippen MR) is 83.2 cm³/mol. The molecule has 2 rings (SSSR count). The van der Waals surface area contributed by atoms with Gasteiger partial charge in [-0.15, -0.1) is 11.3 Å². The van der Waals surface area contributed by atoms with E-state index in [1.54, 1.807) is 0 Å². The van der Waals surface area contributed by atoms with Crippen LogP contribution in [0.2, 0.25) is 0 Å². The van der Waals surface area contributed by atoms with Gasteiger partial charge in [0.25, 0.3) is 0 Å². The molecule has 4 heteroatoms. The molecule has 0 aromatic carbocycles. The summed E-state index contributed by atoms with van der Waals surface area (Å²) in [7, 11) is 0. The number of nitrogens with one attached hydrogen (secondary N) is 1. The third-order valence-electron chi connectivity index (χ3n) is 3.55. The van der Waals surface area contributed by atoms with E-state index < -0.39 is 0 Å². The lowest BCUT2D eigenvalue weighted by atomic mass is 10.0. The van der Waals surface area contributed by atoms with Gasteiger partial charge < -0.3 is 5.32 Å². The van der Waals surface area contributed by atoms with Gasteiger partial charge in [-0.3, -0.25) is 4.90 Å². The smallest absolute Gasteiger partial charge is 0.0342 e. The summed E-state index contributed by atoms with van der Waals surface area (Å²) in [6.45, 7) is 7.92. The van der Waals surface area contributed by atoms with Gasteiger partial charge in [0.05, 0.1) is 0 Å². The fourth-order valence-electron chi connectivity index (χ4n) is 2.49. The summed E-state index contributed by atoms with van der Waals surface area (Å²) in [4.78, 5) is 4.11. The molecule has 1 fully saturated rings. The molecular weight excluding hydrogens is 308 g/mol. The first kappa shape index (κ1) is 14.5. The van der Waals surface area contributed by atoms with Crippen LogP contribution in [0.4, 0.5) is 0 Å². The summed E-state index contributed by atoms with van der Waals surface area (Å²) in [5.41, 5.74) is 0. The molecule has 18 heavy (non-hydrogen) atoms. The third-order valence-corrected chi connectivity index (χ3v) is 5.46. The Morgan fingerprint density at radius 3 is 3.00 bits per heavy atom. The summed E-state index contributed by atoms with van der Waals surface area (Å²) in [6, 6.07) is 3.45. The first-order chi connectivity index (χ1) is 8.66. The second kappa shape index (κ2) is 7.04. The molecule has 0 amide bonds. The van der Waals surface area contributed by atoms with Gasteiger partial charge in [0.15, 0.2) is 0 Å². The van der Waals surface area contributed by atoms with Crippen molar-refractivity contribution in [1.82, 2.24) is 10.2 Å². The monoisotopic (exact) mass is 330 g/mol. The van der Waals surface area contributed by atoms with Crippen molar-refractivity contribution in [2.75, 3.05) is 13.1 Å². The Bertz CT molecular complexity index is 364. The van der Waals surface area contributed by atoms with E-state index in [0.29, 0.717) is 12.1 Å². The number of nitrogens with zero attached hydrogens (tertiary/aromatic N) is 1. The van der Waals surface area contributed by atoms with Crippen molar-refractivity contribution in [3.8, 4) is 0 Å². The van der Waals surface area contributed by atoms with Crippen molar-refractivity contribution >= 4 is 27.3 Å². The van der Waals surface area contributed by atoms with E-state index in [4.69, 9.17) is 0 Å². The summed E-state index contributed by atoms with van der Waals surface area (Å²) in [6.07, 6.45) is 4.07. The second-order valence-electron chi connectivity index (χ2n) is 5.37. The molecule has 2 heterocycles. The Balaban J connectivity index is 1.93. The SMILES string of the molecule is CC(C)NCC1CCCCN1Cc1sccc1Br. The highest BCUT2D eigenvalue weighted by Gasteiger charge is 2.23. The summed E-state index contributed by atoms with van der Waals surface area (Å²) < 4.78 is 1.27. The molecule has 1 unspecified atom stereocenters. The Kier molecular flexibility index (Phi) is 5.67. The Hall–Kier alpha value is 0.100. The van der Waals surface area contributed by atoms with Crippen LogP contribution in [0.25, 0.3) is 0 Å². The zero-order chi connectivity index (χ0) is 13.0. The number of thiophene rings is 1. The Labute approximate surface area is 123 Å². The molecule has 102 valence electrons. The summed E-state index contributed by atoms with van der Waals surface area (Å²) in [5, 5.41) is 5.76. The molecule has 1 saturated heterocycles. The fraction of sp³-hybridized carbons (Fsp3) is 0.714. The predicted octanol–water partition coefficient (Wildman–Crippen LogP) is 3.86. The normalized spacial score (nSPS) is 21.7. The van der Waals surface area contributed by atoms with Gasteiger partial charge >= 0.3 is 0 Å². The van der Waals surface area contributed by atoms with E-state index in [-0.39, 0.29) is 0 Å². The minimum Gasteiger partial charge on any atom is -0.313 e. The Morgan fingerprint density at radius 1 is 1.50 bits per heavy atom. The quantitative estimate of drug-likeness (QED) is 0.881. The number of rotatable bonds is 5. The van der Waals surface area contributed by atoms with E-state index in [2.05, 4.69) is 51.4 Å². The van der Waals surface area contributed by atoms with Crippen LogP contribution in [0, 0.1) is 0 Å². The van der Waals surface area contributed by atoms with Crippen LogP contribution in [0.5, 0.6) is 0 Å². The van der Waals surface area contributed by atoms with Crippen molar-refractivity contribution < 1.29 is 0 Å². The lowest BCUT2D eigenvalue weighted by molar-refractivity contribution is 0.137. The topological polar surface area (TPSA) is 15.3 Å². The van der Waals surface area contributed by atoms with E-state index in [0.717, 1.165) is 13.1 Å². The minimum absolute atomic E-state index is 0.585. The lowest BCUT2D eigenvalue weighted by Crippen LogP contribution is -2.46. The number of piperidine rings is 1. The molecule has 2 nitrogen and oxygen atoms in total. The van der Waals surface area contributed by atoms with Crippen molar-refractivity contribution in [3.05, 3.63) is 20.8 Å². The van der Waals surface area contributed by atoms with Crippen LogP contribution in [-0.4, -0.2) is 30.1 Å². The van der Waals surface area contributed by atoms with Crippen LogP contribution in [-0.2, 0) is 6.54 Å². The lowest BCUT2D eigenvalue weighted by Gasteiger charge is -2.36. The molecule has 0 bridgehead atoms. The molecule has 1 N–H and O–H groups in total. The van der Waals surface area contributed by atoms with Crippen LogP contribution in [0.15, 0.2) is 15.9 Å². The van der Waals surface area contributed by atoms with Crippen LogP contribution in [0.3, 0.4) is 0 Å². The highest BCUT2D eigenvalue weighted by molar-refractivity contribution is 9.10. The molecule has 1 atom stereocenters. The molecular formula is C14H23BrN2S. The van der Waals surface area contributed by atoms with Crippen molar-refractivity contribution in [2.45, 2.75) is 51.7 Å². The largest absolute Gasteiger partial charge is 0.313 e. The van der Waals surface area contributed by atoms with Gasteiger partial charge in [-0.2, -0.15) is 0 Å². The molecule has 0 saturated carbocycles. The molecule has 0 aliphatic carbocycles. The number of hydrogen-bond acceptors (Lipinski definition) is 3. The maximum absolute atomic E-state index is 3.64. The van der Waals surface area contributed by atoms with Crippen LogP contribution >= 0.6 is 27.3 Å². The molecule has 1 aliphatic heterocycles. The maximum Gasteiger partial charge on any atom is 0.0342 e. The average Bonchev–Trinajstić information content (AvgIpc) is 2.74. The first-order valence-corrected chi connectivity index (χ1v) is 8.53. The molecule has 1 aliphatic rings. The summed E-state index contributed by atoms with van der Waals surface area (Å²) >= 11 is 5.50. The van der Waals surface area contributed by atoms with Crippen molar-refractivity contribution in [1.29, 1.82) is 0 Å². The molecule has 1 aromatic heterocycles.